The van der Waals surface area contributed by atoms with E-state index in [1.165, 1.54) is 12.1 Å². The number of amides is 1. The van der Waals surface area contributed by atoms with Crippen LogP contribution in [0.2, 0.25) is 5.02 Å². The van der Waals surface area contributed by atoms with Crippen LogP contribution in [-0.4, -0.2) is 16.6 Å². The van der Waals surface area contributed by atoms with Crippen molar-refractivity contribution in [3.05, 3.63) is 73.8 Å². The highest BCUT2D eigenvalue weighted by atomic mass is 35.5. The number of fused-ring (bicyclic) bond motifs is 2. The van der Waals surface area contributed by atoms with E-state index >= 15 is 0 Å². The van der Waals surface area contributed by atoms with Crippen molar-refractivity contribution < 1.29 is 14.5 Å². The van der Waals surface area contributed by atoms with Crippen LogP contribution in [0.1, 0.15) is 21.5 Å². The van der Waals surface area contributed by atoms with Crippen LogP contribution < -0.4 is 5.32 Å². The first-order chi connectivity index (χ1) is 11.5. The fraction of sp³-hybridized carbons (Fsp3) is 0.0588. The number of hydrogen-bond donors (Lipinski definition) is 1. The molecule has 7 heteroatoms. The van der Waals surface area contributed by atoms with Gasteiger partial charge in [0, 0.05) is 29.2 Å². The summed E-state index contributed by atoms with van der Waals surface area (Å²) in [6, 6.07) is 9.72. The van der Waals surface area contributed by atoms with Crippen molar-refractivity contribution in [1.29, 1.82) is 0 Å². The van der Waals surface area contributed by atoms with Crippen LogP contribution in [0.3, 0.4) is 0 Å². The third-order valence-corrected chi connectivity index (χ3v) is 4.54. The quantitative estimate of drug-likeness (QED) is 0.489. The van der Waals surface area contributed by atoms with Gasteiger partial charge in [0.2, 0.25) is 0 Å². The van der Waals surface area contributed by atoms with Gasteiger partial charge in [-0.2, -0.15) is 0 Å². The topological polar surface area (TPSA) is 89.3 Å². The number of anilines is 1. The second kappa shape index (κ2) is 5.01. The Morgan fingerprint density at radius 3 is 2.58 bits per heavy atom. The zero-order valence-electron chi connectivity index (χ0n) is 12.1. The molecule has 0 saturated heterocycles. The summed E-state index contributed by atoms with van der Waals surface area (Å²) in [5, 5.41) is 13.7. The molecule has 0 unspecified atom stereocenters. The second-order valence-corrected chi connectivity index (χ2v) is 5.98. The third kappa shape index (κ3) is 1.97. The number of Topliss-reactive ketones (excluding diaryl/α,β-unsaturated/α-hetero) is 1. The Balaban J connectivity index is 1.94. The van der Waals surface area contributed by atoms with Gasteiger partial charge in [0.05, 0.1) is 16.2 Å². The molecule has 0 aromatic heterocycles. The SMILES string of the molecule is O=C1Nc2cc(Cl)c([N+](=O)[O-])cc2/C1=C1/Cc2ccccc2C1=O. The molecule has 2 aromatic rings. The highest BCUT2D eigenvalue weighted by Gasteiger charge is 2.36. The number of halogens is 1. The first-order valence-electron chi connectivity index (χ1n) is 7.13. The van der Waals surface area contributed by atoms with E-state index in [2.05, 4.69) is 5.32 Å². The lowest BCUT2D eigenvalue weighted by atomic mass is 9.98. The van der Waals surface area contributed by atoms with E-state index in [4.69, 9.17) is 11.6 Å². The van der Waals surface area contributed by atoms with Crippen LogP contribution in [0, 0.1) is 10.1 Å². The molecule has 4 rings (SSSR count). The molecule has 1 aliphatic heterocycles. The zero-order valence-corrected chi connectivity index (χ0v) is 12.9. The predicted molar refractivity (Wildman–Crippen MR) is 88.1 cm³/mol. The van der Waals surface area contributed by atoms with Gasteiger partial charge < -0.3 is 5.32 Å². The minimum Gasteiger partial charge on any atom is -0.321 e. The number of carbonyl (C=O) groups excluding carboxylic acids is 2. The summed E-state index contributed by atoms with van der Waals surface area (Å²) in [6.45, 7) is 0. The van der Waals surface area contributed by atoms with Crippen LogP contribution in [0.5, 0.6) is 0 Å². The van der Waals surface area contributed by atoms with Crippen LogP contribution in [0.4, 0.5) is 11.4 Å². The van der Waals surface area contributed by atoms with E-state index < -0.39 is 10.8 Å². The van der Waals surface area contributed by atoms with E-state index in [0.717, 1.165) is 5.56 Å². The molecular formula is C17H9ClN2O4. The molecule has 1 heterocycles. The van der Waals surface area contributed by atoms with E-state index in [1.54, 1.807) is 12.1 Å². The number of allylic oxidation sites excluding steroid dienone is 1. The minimum absolute atomic E-state index is 0.0636. The van der Waals surface area contributed by atoms with Crippen molar-refractivity contribution in [3.63, 3.8) is 0 Å². The van der Waals surface area contributed by atoms with Crippen LogP contribution in [0.25, 0.3) is 5.57 Å². The Labute approximate surface area is 140 Å². The molecular weight excluding hydrogens is 332 g/mol. The van der Waals surface area contributed by atoms with Gasteiger partial charge in [-0.05, 0) is 11.6 Å². The molecule has 118 valence electrons. The molecule has 0 fully saturated rings. The smallest absolute Gasteiger partial charge is 0.288 e. The Kier molecular flexibility index (Phi) is 3.04. The lowest BCUT2D eigenvalue weighted by molar-refractivity contribution is -0.384. The number of nitrogens with zero attached hydrogens (tertiary/aromatic N) is 1. The molecule has 24 heavy (non-hydrogen) atoms. The number of ketones is 1. The first-order valence-corrected chi connectivity index (χ1v) is 7.50. The maximum Gasteiger partial charge on any atom is 0.288 e. The van der Waals surface area contributed by atoms with Crippen molar-refractivity contribution in [3.8, 4) is 0 Å². The lowest BCUT2D eigenvalue weighted by Gasteiger charge is -2.03. The molecule has 1 aliphatic carbocycles. The summed E-state index contributed by atoms with van der Waals surface area (Å²) in [6.07, 6.45) is 0.327. The number of benzene rings is 2. The first kappa shape index (κ1) is 14.6. The van der Waals surface area contributed by atoms with Crippen molar-refractivity contribution in [2.45, 2.75) is 6.42 Å². The lowest BCUT2D eigenvalue weighted by Crippen LogP contribution is -2.09. The van der Waals surface area contributed by atoms with E-state index in [9.17, 15) is 19.7 Å². The molecule has 2 aliphatic rings. The monoisotopic (exact) mass is 340 g/mol. The van der Waals surface area contributed by atoms with Gasteiger partial charge in [0.15, 0.2) is 5.78 Å². The van der Waals surface area contributed by atoms with Crippen molar-refractivity contribution in [2.24, 2.45) is 0 Å². The van der Waals surface area contributed by atoms with Gasteiger partial charge in [-0.15, -0.1) is 0 Å². The number of nitro groups is 1. The van der Waals surface area contributed by atoms with Gasteiger partial charge in [0.1, 0.15) is 5.02 Å². The maximum atomic E-state index is 12.6. The van der Waals surface area contributed by atoms with Crippen molar-refractivity contribution in [1.82, 2.24) is 0 Å². The fourth-order valence-corrected chi connectivity index (χ4v) is 3.38. The molecule has 6 nitrogen and oxygen atoms in total. The van der Waals surface area contributed by atoms with E-state index in [-0.39, 0.29) is 22.1 Å². The van der Waals surface area contributed by atoms with Crippen molar-refractivity contribution in [2.75, 3.05) is 5.32 Å². The number of rotatable bonds is 1. The Morgan fingerprint density at radius 1 is 1.12 bits per heavy atom. The number of carbonyl (C=O) groups is 2. The molecule has 0 spiro atoms. The molecule has 0 bridgehead atoms. The summed E-state index contributed by atoms with van der Waals surface area (Å²) in [4.78, 5) is 35.5. The minimum atomic E-state index is -0.612. The second-order valence-electron chi connectivity index (χ2n) is 5.58. The van der Waals surface area contributed by atoms with Gasteiger partial charge in [-0.1, -0.05) is 35.9 Å². The Morgan fingerprint density at radius 2 is 1.88 bits per heavy atom. The number of nitrogens with one attached hydrogen (secondary N) is 1. The summed E-state index contributed by atoms with van der Waals surface area (Å²) < 4.78 is 0. The zero-order chi connectivity index (χ0) is 17.0. The third-order valence-electron chi connectivity index (χ3n) is 4.23. The molecule has 1 amide bonds. The average Bonchev–Trinajstić information content (AvgIpc) is 3.02. The van der Waals surface area contributed by atoms with Crippen LogP contribution in [-0.2, 0) is 11.2 Å². The Hall–Kier alpha value is -2.99. The summed E-state index contributed by atoms with van der Waals surface area (Å²) in [7, 11) is 0. The standard InChI is InChI=1S/C17H9ClN2O4/c18-12-7-13-10(6-14(12)20(23)24)15(17(22)19-13)11-5-8-3-1-2-4-9(8)16(11)21/h1-4,6-7H,5H2,(H,19,22)/b15-11+. The highest BCUT2D eigenvalue weighted by Crippen LogP contribution is 2.42. The Bertz CT molecular complexity index is 994. The normalized spacial score (nSPS) is 18.4. The summed E-state index contributed by atoms with van der Waals surface area (Å²) in [5.74, 6) is -0.668. The molecule has 2 aromatic carbocycles. The van der Waals surface area contributed by atoms with Gasteiger partial charge >= 0.3 is 0 Å². The van der Waals surface area contributed by atoms with Crippen LogP contribution in [0.15, 0.2) is 42.0 Å². The summed E-state index contributed by atoms with van der Waals surface area (Å²) >= 11 is 5.88. The van der Waals surface area contributed by atoms with Gasteiger partial charge in [0.25, 0.3) is 11.6 Å². The maximum absolute atomic E-state index is 12.6. The number of hydrogen-bond acceptors (Lipinski definition) is 4. The van der Waals surface area contributed by atoms with Crippen molar-refractivity contribution >= 4 is 40.2 Å². The predicted octanol–water partition coefficient (Wildman–Crippen LogP) is 3.39. The number of nitro benzene ring substituents is 1. The average molecular weight is 341 g/mol. The summed E-state index contributed by atoms with van der Waals surface area (Å²) in [5.41, 5.74) is 2.36. The molecule has 0 radical (unpaired) electrons. The van der Waals surface area contributed by atoms with Gasteiger partial charge in [-0.3, -0.25) is 19.7 Å². The van der Waals surface area contributed by atoms with Crippen LogP contribution >= 0.6 is 11.6 Å². The van der Waals surface area contributed by atoms with E-state index in [0.29, 0.717) is 28.8 Å². The molecule has 0 saturated carbocycles. The highest BCUT2D eigenvalue weighted by molar-refractivity contribution is 6.39. The van der Waals surface area contributed by atoms with E-state index in [1.807, 2.05) is 12.1 Å². The molecule has 0 atom stereocenters. The molecule has 1 N–H and O–H groups in total. The largest absolute Gasteiger partial charge is 0.321 e. The fourth-order valence-electron chi connectivity index (χ4n) is 3.15. The van der Waals surface area contributed by atoms with Gasteiger partial charge in [-0.25, -0.2) is 0 Å².